The van der Waals surface area contributed by atoms with E-state index in [1.54, 1.807) is 19.1 Å². The summed E-state index contributed by atoms with van der Waals surface area (Å²) in [5, 5.41) is 20.2. The lowest BCUT2D eigenvalue weighted by atomic mass is 10.0. The highest BCUT2D eigenvalue weighted by Gasteiger charge is 2.13. The number of amides is 1. The maximum atomic E-state index is 11.8. The summed E-state index contributed by atoms with van der Waals surface area (Å²) in [6.45, 7) is 9.32. The lowest BCUT2D eigenvalue weighted by molar-refractivity contribution is -0.137. The zero-order valence-electron chi connectivity index (χ0n) is 15.2. The van der Waals surface area contributed by atoms with Crippen LogP contribution >= 0.6 is 0 Å². The van der Waals surface area contributed by atoms with Crippen LogP contribution in [0.2, 0.25) is 0 Å². The SMILES string of the molecule is C=C/C(=C(\C=C/C)C(=O)O)c1ccc(C(=O)NCCC(=O)O)nc1.CC. The molecule has 0 fully saturated rings. The molecular formula is C19H24N2O5. The minimum atomic E-state index is -1.10. The van der Waals surface area contributed by atoms with E-state index in [1.165, 1.54) is 24.4 Å². The predicted octanol–water partition coefficient (Wildman–Crippen LogP) is 2.91. The molecule has 26 heavy (non-hydrogen) atoms. The highest BCUT2D eigenvalue weighted by atomic mass is 16.4. The average Bonchev–Trinajstić information content (AvgIpc) is 2.63. The van der Waals surface area contributed by atoms with Crippen LogP contribution in [0.25, 0.3) is 5.57 Å². The van der Waals surface area contributed by atoms with Crippen molar-refractivity contribution in [3.63, 3.8) is 0 Å². The molecule has 0 radical (unpaired) electrons. The fourth-order valence-corrected chi connectivity index (χ4v) is 1.89. The normalized spacial score (nSPS) is 11.0. The second-order valence-electron chi connectivity index (χ2n) is 4.67. The van der Waals surface area contributed by atoms with Crippen LogP contribution in [0.5, 0.6) is 0 Å². The highest BCUT2D eigenvalue weighted by Crippen LogP contribution is 2.21. The molecule has 0 aliphatic rings. The molecule has 0 aliphatic heterocycles. The number of hydrogen-bond acceptors (Lipinski definition) is 4. The van der Waals surface area contributed by atoms with E-state index in [4.69, 9.17) is 5.11 Å². The van der Waals surface area contributed by atoms with Gasteiger partial charge in [0.25, 0.3) is 5.91 Å². The van der Waals surface area contributed by atoms with Gasteiger partial charge in [0.05, 0.1) is 12.0 Å². The second-order valence-corrected chi connectivity index (χ2v) is 4.67. The minimum absolute atomic E-state index is 0.000133. The summed E-state index contributed by atoms with van der Waals surface area (Å²) in [5.41, 5.74) is 1.05. The summed E-state index contributed by atoms with van der Waals surface area (Å²) >= 11 is 0. The Morgan fingerprint density at radius 3 is 2.31 bits per heavy atom. The Morgan fingerprint density at radius 1 is 1.23 bits per heavy atom. The van der Waals surface area contributed by atoms with Gasteiger partial charge in [-0.1, -0.05) is 44.7 Å². The molecule has 1 rings (SSSR count). The van der Waals surface area contributed by atoms with Gasteiger partial charge in [-0.25, -0.2) is 4.79 Å². The third-order valence-corrected chi connectivity index (χ3v) is 2.99. The number of pyridine rings is 1. The standard InChI is InChI=1S/C17H18N2O5.C2H6/c1-3-5-13(17(23)24)12(4-2)11-6-7-14(19-10-11)16(22)18-9-8-15(20)21;1-2/h3-7,10H,2,8-9H2,1H3,(H,18,22)(H,20,21)(H,23,24);1-2H3/b5-3-,13-12-;. The van der Waals surface area contributed by atoms with Gasteiger partial charge in [0, 0.05) is 18.3 Å². The van der Waals surface area contributed by atoms with Crippen LogP contribution in [0.4, 0.5) is 0 Å². The Bertz CT molecular complexity index is 703. The molecule has 1 heterocycles. The number of nitrogens with one attached hydrogen (secondary N) is 1. The summed E-state index contributed by atoms with van der Waals surface area (Å²) in [4.78, 5) is 37.5. The smallest absolute Gasteiger partial charge is 0.336 e. The van der Waals surface area contributed by atoms with Crippen LogP contribution in [-0.4, -0.2) is 39.6 Å². The molecule has 0 aliphatic carbocycles. The lowest BCUT2D eigenvalue weighted by Crippen LogP contribution is -2.26. The Hall–Kier alpha value is -3.22. The molecular weight excluding hydrogens is 336 g/mol. The summed E-state index contributed by atoms with van der Waals surface area (Å²) in [5.74, 6) is -2.61. The number of nitrogens with zero attached hydrogens (tertiary/aromatic N) is 1. The molecule has 0 unspecified atom stereocenters. The number of carbonyl (C=O) groups is 3. The van der Waals surface area contributed by atoms with Crippen molar-refractivity contribution in [1.29, 1.82) is 0 Å². The van der Waals surface area contributed by atoms with Gasteiger partial charge in [-0.3, -0.25) is 14.6 Å². The molecule has 0 aromatic carbocycles. The van der Waals surface area contributed by atoms with Crippen LogP contribution in [-0.2, 0) is 9.59 Å². The summed E-state index contributed by atoms with van der Waals surface area (Å²) in [7, 11) is 0. The Labute approximate surface area is 152 Å². The number of carboxylic acids is 2. The van der Waals surface area contributed by atoms with Crippen LogP contribution in [0, 0.1) is 0 Å². The van der Waals surface area contributed by atoms with E-state index in [0.29, 0.717) is 11.1 Å². The molecule has 1 amide bonds. The number of carboxylic acid groups (broad SMARTS) is 2. The van der Waals surface area contributed by atoms with Crippen LogP contribution in [0.15, 0.2) is 48.7 Å². The molecule has 1 aromatic rings. The summed E-state index contributed by atoms with van der Waals surface area (Å²) < 4.78 is 0. The number of allylic oxidation sites excluding steroid dienone is 3. The van der Waals surface area contributed by atoms with Crippen molar-refractivity contribution in [2.24, 2.45) is 0 Å². The van der Waals surface area contributed by atoms with Gasteiger partial charge in [0.15, 0.2) is 0 Å². The molecule has 7 heteroatoms. The molecule has 0 spiro atoms. The van der Waals surface area contributed by atoms with E-state index in [2.05, 4.69) is 16.9 Å². The van der Waals surface area contributed by atoms with E-state index in [9.17, 15) is 19.5 Å². The monoisotopic (exact) mass is 360 g/mol. The van der Waals surface area contributed by atoms with Gasteiger partial charge in [-0.05, 0) is 18.6 Å². The van der Waals surface area contributed by atoms with Crippen molar-refractivity contribution < 1.29 is 24.6 Å². The molecule has 0 saturated carbocycles. The minimum Gasteiger partial charge on any atom is -0.481 e. The van der Waals surface area contributed by atoms with Gasteiger partial charge < -0.3 is 15.5 Å². The van der Waals surface area contributed by atoms with E-state index < -0.39 is 17.8 Å². The Kier molecular flexibility index (Phi) is 10.7. The van der Waals surface area contributed by atoms with Crippen molar-refractivity contribution >= 4 is 23.4 Å². The van der Waals surface area contributed by atoms with Gasteiger partial charge in [-0.2, -0.15) is 0 Å². The van der Waals surface area contributed by atoms with Crippen LogP contribution in [0.3, 0.4) is 0 Å². The number of rotatable bonds is 8. The fourth-order valence-electron chi connectivity index (χ4n) is 1.89. The fraction of sp³-hybridized carbons (Fsp3) is 0.263. The van der Waals surface area contributed by atoms with E-state index in [1.807, 2.05) is 13.8 Å². The van der Waals surface area contributed by atoms with Crippen LogP contribution < -0.4 is 5.32 Å². The average molecular weight is 360 g/mol. The first kappa shape index (κ1) is 22.8. The number of hydrogen-bond donors (Lipinski definition) is 3. The van der Waals surface area contributed by atoms with Crippen molar-refractivity contribution in [3.8, 4) is 0 Å². The highest BCUT2D eigenvalue weighted by molar-refractivity contribution is 6.01. The largest absolute Gasteiger partial charge is 0.481 e. The third-order valence-electron chi connectivity index (χ3n) is 2.99. The maximum absolute atomic E-state index is 11.8. The first-order valence-corrected chi connectivity index (χ1v) is 8.09. The van der Waals surface area contributed by atoms with E-state index in [0.717, 1.165) is 0 Å². The zero-order chi connectivity index (χ0) is 20.1. The quantitative estimate of drug-likeness (QED) is 0.485. The summed E-state index contributed by atoms with van der Waals surface area (Å²) in [6, 6.07) is 2.99. The zero-order valence-corrected chi connectivity index (χ0v) is 15.2. The van der Waals surface area contributed by atoms with Crippen molar-refractivity contribution in [2.75, 3.05) is 6.54 Å². The second kappa shape index (κ2) is 12.2. The Morgan fingerprint density at radius 2 is 1.88 bits per heavy atom. The van der Waals surface area contributed by atoms with Crippen LogP contribution in [0.1, 0.15) is 43.2 Å². The van der Waals surface area contributed by atoms with Crippen molar-refractivity contribution in [3.05, 3.63) is 60.0 Å². The number of carbonyl (C=O) groups excluding carboxylic acids is 1. The topological polar surface area (TPSA) is 117 Å². The number of aliphatic carboxylic acids is 2. The van der Waals surface area contributed by atoms with E-state index in [-0.39, 0.29) is 24.2 Å². The molecule has 0 saturated heterocycles. The summed E-state index contributed by atoms with van der Waals surface area (Å²) in [6.07, 6.45) is 5.65. The van der Waals surface area contributed by atoms with Gasteiger partial charge in [0.1, 0.15) is 5.69 Å². The van der Waals surface area contributed by atoms with Gasteiger partial charge >= 0.3 is 11.9 Å². The van der Waals surface area contributed by atoms with Crippen molar-refractivity contribution in [2.45, 2.75) is 27.2 Å². The maximum Gasteiger partial charge on any atom is 0.336 e. The Balaban J connectivity index is 0.00000301. The molecule has 0 atom stereocenters. The first-order valence-electron chi connectivity index (χ1n) is 8.09. The van der Waals surface area contributed by atoms with E-state index >= 15 is 0 Å². The third kappa shape index (κ3) is 7.12. The van der Waals surface area contributed by atoms with Crippen molar-refractivity contribution in [1.82, 2.24) is 10.3 Å². The molecule has 140 valence electrons. The first-order chi connectivity index (χ1) is 12.4. The molecule has 1 aromatic heterocycles. The van der Waals surface area contributed by atoms with Gasteiger partial charge in [0.2, 0.25) is 0 Å². The lowest BCUT2D eigenvalue weighted by Gasteiger charge is -2.07. The molecule has 3 N–H and O–H groups in total. The molecule has 7 nitrogen and oxygen atoms in total. The predicted molar refractivity (Wildman–Crippen MR) is 99.7 cm³/mol. The number of aromatic nitrogens is 1. The molecule has 0 bridgehead atoms. The van der Waals surface area contributed by atoms with Gasteiger partial charge in [-0.15, -0.1) is 0 Å².